The molecule has 0 saturated carbocycles. The summed E-state index contributed by atoms with van der Waals surface area (Å²) < 4.78 is 1.95. The van der Waals surface area contributed by atoms with E-state index in [1.807, 2.05) is 17.2 Å². The van der Waals surface area contributed by atoms with E-state index < -0.39 is 0 Å². The van der Waals surface area contributed by atoms with Gasteiger partial charge in [-0.25, -0.2) is 9.97 Å². The van der Waals surface area contributed by atoms with Gasteiger partial charge < -0.3 is 0 Å². The van der Waals surface area contributed by atoms with Crippen LogP contribution in [0, 0.1) is 6.92 Å². The van der Waals surface area contributed by atoms with E-state index in [9.17, 15) is 0 Å². The quantitative estimate of drug-likeness (QED) is 0.858. The molecule has 0 N–H and O–H groups in total. The van der Waals surface area contributed by atoms with Crippen molar-refractivity contribution in [2.75, 3.05) is 6.54 Å². The summed E-state index contributed by atoms with van der Waals surface area (Å²) in [5.74, 6) is 0. The first kappa shape index (κ1) is 12.7. The zero-order chi connectivity index (χ0) is 13.1. The Morgan fingerprint density at radius 2 is 2.37 bits per heavy atom. The van der Waals surface area contributed by atoms with Crippen molar-refractivity contribution in [2.24, 2.45) is 0 Å². The molecule has 0 aliphatic carbocycles. The van der Waals surface area contributed by atoms with E-state index in [2.05, 4.69) is 26.9 Å². The fourth-order valence-electron chi connectivity index (χ4n) is 2.70. The van der Waals surface area contributed by atoms with Crippen LogP contribution in [0.4, 0.5) is 0 Å². The molecule has 0 bridgehead atoms. The summed E-state index contributed by atoms with van der Waals surface area (Å²) in [6.07, 6.45) is 9.30. The topological polar surface area (TPSA) is 46.8 Å². The van der Waals surface area contributed by atoms with Gasteiger partial charge in [0.1, 0.15) is 12.7 Å². The number of likely N-dealkylation sites (tertiary alicyclic amines) is 1. The third-order valence-corrected chi connectivity index (χ3v) is 4.54. The van der Waals surface area contributed by atoms with Gasteiger partial charge in [-0.15, -0.1) is 11.3 Å². The van der Waals surface area contributed by atoms with Gasteiger partial charge in [0.25, 0.3) is 0 Å². The Morgan fingerprint density at radius 3 is 3.11 bits per heavy atom. The molecule has 1 aliphatic heterocycles. The minimum Gasteiger partial charge on any atom is -0.293 e. The fourth-order valence-corrected chi connectivity index (χ4v) is 3.52. The molecule has 3 heterocycles. The highest BCUT2D eigenvalue weighted by Crippen LogP contribution is 2.22. The molecule has 1 aliphatic rings. The van der Waals surface area contributed by atoms with Gasteiger partial charge in [0.15, 0.2) is 0 Å². The molecule has 1 unspecified atom stereocenters. The Morgan fingerprint density at radius 1 is 1.42 bits per heavy atom. The van der Waals surface area contributed by atoms with Gasteiger partial charge in [-0.1, -0.05) is 6.42 Å². The summed E-state index contributed by atoms with van der Waals surface area (Å²) in [7, 11) is 0. The van der Waals surface area contributed by atoms with Crippen LogP contribution in [-0.4, -0.2) is 37.2 Å². The van der Waals surface area contributed by atoms with Crippen molar-refractivity contribution >= 4 is 11.3 Å². The molecular weight excluding hydrogens is 258 g/mol. The monoisotopic (exact) mass is 277 g/mol. The van der Waals surface area contributed by atoms with Crippen LogP contribution in [0.15, 0.2) is 18.9 Å². The Hall–Kier alpha value is -1.27. The Kier molecular flexibility index (Phi) is 3.89. The SMILES string of the molecule is Cc1ncc(CN2CCCCC2Cn2cncn2)s1. The molecule has 1 atom stereocenters. The van der Waals surface area contributed by atoms with Crippen LogP contribution in [0.3, 0.4) is 0 Å². The van der Waals surface area contributed by atoms with Crippen molar-refractivity contribution in [1.82, 2.24) is 24.6 Å². The lowest BCUT2D eigenvalue weighted by atomic mass is 10.0. The largest absolute Gasteiger partial charge is 0.293 e. The highest BCUT2D eigenvalue weighted by molar-refractivity contribution is 7.11. The first-order valence-electron chi connectivity index (χ1n) is 6.79. The maximum atomic E-state index is 4.35. The van der Waals surface area contributed by atoms with Crippen molar-refractivity contribution in [3.8, 4) is 0 Å². The van der Waals surface area contributed by atoms with Gasteiger partial charge in [0.2, 0.25) is 0 Å². The van der Waals surface area contributed by atoms with Crippen LogP contribution in [-0.2, 0) is 13.1 Å². The standard InChI is InChI=1S/C13H19N5S/c1-11-15-6-13(19-11)8-17-5-3-2-4-12(17)7-18-10-14-9-16-18/h6,9-10,12H,2-5,7-8H2,1H3. The minimum atomic E-state index is 0.567. The molecule has 102 valence electrons. The summed E-state index contributed by atoms with van der Waals surface area (Å²) in [6, 6.07) is 0.567. The average molecular weight is 277 g/mol. The molecule has 0 aromatic carbocycles. The Labute approximate surface area is 117 Å². The van der Waals surface area contributed by atoms with E-state index in [1.54, 1.807) is 17.7 Å². The third kappa shape index (κ3) is 3.19. The summed E-state index contributed by atoms with van der Waals surface area (Å²) in [5.41, 5.74) is 0. The van der Waals surface area contributed by atoms with E-state index in [-0.39, 0.29) is 0 Å². The average Bonchev–Trinajstić information content (AvgIpc) is 3.04. The zero-order valence-electron chi connectivity index (χ0n) is 11.2. The molecule has 0 amide bonds. The number of nitrogens with zero attached hydrogens (tertiary/aromatic N) is 5. The molecule has 0 radical (unpaired) electrons. The molecule has 3 rings (SSSR count). The third-order valence-electron chi connectivity index (χ3n) is 3.64. The molecular formula is C13H19N5S. The normalized spacial score (nSPS) is 20.8. The highest BCUT2D eigenvalue weighted by Gasteiger charge is 2.23. The van der Waals surface area contributed by atoms with Gasteiger partial charge in [-0.05, 0) is 26.3 Å². The van der Waals surface area contributed by atoms with Gasteiger partial charge >= 0.3 is 0 Å². The van der Waals surface area contributed by atoms with Crippen LogP contribution in [0.2, 0.25) is 0 Å². The highest BCUT2D eigenvalue weighted by atomic mass is 32.1. The molecule has 2 aromatic heterocycles. The van der Waals surface area contributed by atoms with Gasteiger partial charge in [-0.3, -0.25) is 9.58 Å². The first-order chi connectivity index (χ1) is 9.31. The lowest BCUT2D eigenvalue weighted by Crippen LogP contribution is -2.41. The molecule has 1 fully saturated rings. The van der Waals surface area contributed by atoms with Crippen LogP contribution in [0.5, 0.6) is 0 Å². The number of aryl methyl sites for hydroxylation is 1. The van der Waals surface area contributed by atoms with Crippen molar-refractivity contribution in [2.45, 2.75) is 45.3 Å². The van der Waals surface area contributed by atoms with Crippen molar-refractivity contribution in [3.63, 3.8) is 0 Å². The molecule has 0 spiro atoms. The zero-order valence-corrected chi connectivity index (χ0v) is 12.0. The van der Waals surface area contributed by atoms with E-state index in [4.69, 9.17) is 0 Å². The Bertz CT molecular complexity index is 507. The van der Waals surface area contributed by atoms with Gasteiger partial charge in [-0.2, -0.15) is 5.10 Å². The van der Waals surface area contributed by atoms with E-state index in [1.165, 1.54) is 30.7 Å². The molecule has 19 heavy (non-hydrogen) atoms. The molecule has 2 aromatic rings. The number of hydrogen-bond acceptors (Lipinski definition) is 5. The lowest BCUT2D eigenvalue weighted by molar-refractivity contribution is 0.123. The van der Waals surface area contributed by atoms with Crippen LogP contribution < -0.4 is 0 Å². The summed E-state index contributed by atoms with van der Waals surface area (Å²) >= 11 is 1.80. The summed E-state index contributed by atoms with van der Waals surface area (Å²) in [4.78, 5) is 12.3. The van der Waals surface area contributed by atoms with Crippen LogP contribution >= 0.6 is 11.3 Å². The maximum Gasteiger partial charge on any atom is 0.137 e. The van der Waals surface area contributed by atoms with Gasteiger partial charge in [0, 0.05) is 23.7 Å². The Balaban J connectivity index is 1.66. The summed E-state index contributed by atoms with van der Waals surface area (Å²) in [5, 5.41) is 5.38. The van der Waals surface area contributed by atoms with Crippen molar-refractivity contribution < 1.29 is 0 Å². The van der Waals surface area contributed by atoms with Crippen molar-refractivity contribution in [3.05, 3.63) is 28.7 Å². The smallest absolute Gasteiger partial charge is 0.137 e. The second kappa shape index (κ2) is 5.79. The fraction of sp³-hybridized carbons (Fsp3) is 0.615. The predicted molar refractivity (Wildman–Crippen MR) is 74.9 cm³/mol. The van der Waals surface area contributed by atoms with E-state index >= 15 is 0 Å². The number of hydrogen-bond donors (Lipinski definition) is 0. The number of rotatable bonds is 4. The van der Waals surface area contributed by atoms with Crippen LogP contribution in [0.1, 0.15) is 29.1 Å². The van der Waals surface area contributed by atoms with Crippen molar-refractivity contribution in [1.29, 1.82) is 0 Å². The maximum absolute atomic E-state index is 4.35. The van der Waals surface area contributed by atoms with Crippen LogP contribution in [0.25, 0.3) is 0 Å². The van der Waals surface area contributed by atoms with Gasteiger partial charge in [0.05, 0.1) is 11.6 Å². The number of thiazole rings is 1. The summed E-state index contributed by atoms with van der Waals surface area (Å²) in [6.45, 7) is 5.20. The first-order valence-corrected chi connectivity index (χ1v) is 7.60. The second-order valence-corrected chi connectivity index (χ2v) is 6.40. The predicted octanol–water partition coefficient (Wildman–Crippen LogP) is 2.10. The van der Waals surface area contributed by atoms with E-state index in [0.29, 0.717) is 6.04 Å². The number of aromatic nitrogens is 4. The molecule has 1 saturated heterocycles. The number of piperidine rings is 1. The minimum absolute atomic E-state index is 0.567. The van der Waals surface area contributed by atoms with E-state index in [0.717, 1.165) is 18.1 Å². The molecule has 5 nitrogen and oxygen atoms in total. The molecule has 6 heteroatoms. The second-order valence-electron chi connectivity index (χ2n) is 5.08. The lowest BCUT2D eigenvalue weighted by Gasteiger charge is -2.35.